The first-order valence-electron chi connectivity index (χ1n) is 9.65. The smallest absolute Gasteiger partial charge is 0.410 e. The van der Waals surface area contributed by atoms with E-state index in [2.05, 4.69) is 10.6 Å². The van der Waals surface area contributed by atoms with Crippen LogP contribution in [0, 0.1) is 5.82 Å². The molecule has 0 atom stereocenters. The summed E-state index contributed by atoms with van der Waals surface area (Å²) in [7, 11) is 1.43. The van der Waals surface area contributed by atoms with Crippen LogP contribution in [0.25, 0.3) is 0 Å². The lowest BCUT2D eigenvalue weighted by Gasteiger charge is -2.31. The van der Waals surface area contributed by atoms with E-state index >= 15 is 0 Å². The lowest BCUT2D eigenvalue weighted by molar-refractivity contribution is 0.0224. The van der Waals surface area contributed by atoms with E-state index in [0.717, 1.165) is 11.1 Å². The van der Waals surface area contributed by atoms with Crippen LogP contribution in [-0.4, -0.2) is 36.3 Å². The molecule has 2 aromatic rings. The van der Waals surface area contributed by atoms with Crippen molar-refractivity contribution in [2.45, 2.75) is 39.3 Å². The SMILES string of the molecule is COc1cc(F)cc(NC(=O)Nc2ccc3c(c2)CCN(C(=O)OC(C)(C)C)C3)c1. The maximum atomic E-state index is 13.6. The average molecular weight is 415 g/mol. The third-order valence-corrected chi connectivity index (χ3v) is 4.49. The van der Waals surface area contributed by atoms with E-state index in [1.54, 1.807) is 11.0 Å². The molecule has 0 bridgehead atoms. The van der Waals surface area contributed by atoms with Crippen molar-refractivity contribution in [3.63, 3.8) is 0 Å². The van der Waals surface area contributed by atoms with Crippen LogP contribution in [-0.2, 0) is 17.7 Å². The van der Waals surface area contributed by atoms with Gasteiger partial charge in [0.25, 0.3) is 0 Å². The number of rotatable bonds is 3. The van der Waals surface area contributed by atoms with E-state index in [1.807, 2.05) is 32.9 Å². The lowest BCUT2D eigenvalue weighted by atomic mass is 9.99. The number of nitrogens with one attached hydrogen (secondary N) is 2. The Hall–Kier alpha value is -3.29. The quantitative estimate of drug-likeness (QED) is 0.757. The highest BCUT2D eigenvalue weighted by Gasteiger charge is 2.25. The molecule has 2 aromatic carbocycles. The second-order valence-corrected chi connectivity index (χ2v) is 8.09. The zero-order chi connectivity index (χ0) is 21.9. The molecular weight excluding hydrogens is 389 g/mol. The van der Waals surface area contributed by atoms with Crippen LogP contribution < -0.4 is 15.4 Å². The van der Waals surface area contributed by atoms with E-state index in [9.17, 15) is 14.0 Å². The topological polar surface area (TPSA) is 79.9 Å². The van der Waals surface area contributed by atoms with Gasteiger partial charge in [0, 0.05) is 36.6 Å². The van der Waals surface area contributed by atoms with Crippen molar-refractivity contribution in [2.24, 2.45) is 0 Å². The van der Waals surface area contributed by atoms with Crippen LogP contribution in [0.15, 0.2) is 36.4 Å². The van der Waals surface area contributed by atoms with Crippen LogP contribution in [0.3, 0.4) is 0 Å². The number of methoxy groups -OCH3 is 1. The van der Waals surface area contributed by atoms with Gasteiger partial charge in [0.1, 0.15) is 17.2 Å². The number of halogens is 1. The Morgan fingerprint density at radius 3 is 2.47 bits per heavy atom. The molecule has 3 amide bonds. The molecule has 0 saturated carbocycles. The molecule has 8 heteroatoms. The molecule has 0 aromatic heterocycles. The van der Waals surface area contributed by atoms with E-state index in [0.29, 0.717) is 30.9 Å². The second-order valence-electron chi connectivity index (χ2n) is 8.09. The lowest BCUT2D eigenvalue weighted by Crippen LogP contribution is -2.39. The predicted molar refractivity (Wildman–Crippen MR) is 112 cm³/mol. The fourth-order valence-electron chi connectivity index (χ4n) is 3.16. The minimum atomic E-state index is -0.538. The van der Waals surface area contributed by atoms with Gasteiger partial charge in [-0.3, -0.25) is 0 Å². The van der Waals surface area contributed by atoms with Crippen LogP contribution in [0.5, 0.6) is 5.75 Å². The fourth-order valence-corrected chi connectivity index (χ4v) is 3.16. The molecule has 0 radical (unpaired) electrons. The number of benzene rings is 2. The van der Waals surface area contributed by atoms with Gasteiger partial charge in [-0.25, -0.2) is 14.0 Å². The molecule has 30 heavy (non-hydrogen) atoms. The van der Waals surface area contributed by atoms with Crippen molar-refractivity contribution in [1.82, 2.24) is 4.90 Å². The zero-order valence-electron chi connectivity index (χ0n) is 17.5. The highest BCUT2D eigenvalue weighted by atomic mass is 19.1. The van der Waals surface area contributed by atoms with Gasteiger partial charge in [0.05, 0.1) is 7.11 Å². The van der Waals surface area contributed by atoms with Crippen LogP contribution in [0.4, 0.5) is 25.4 Å². The minimum Gasteiger partial charge on any atom is -0.497 e. The highest BCUT2D eigenvalue weighted by molar-refractivity contribution is 5.99. The molecule has 160 valence electrons. The average Bonchev–Trinajstić information content (AvgIpc) is 2.65. The van der Waals surface area contributed by atoms with Gasteiger partial charge < -0.3 is 25.0 Å². The van der Waals surface area contributed by atoms with Crippen molar-refractivity contribution in [2.75, 3.05) is 24.3 Å². The van der Waals surface area contributed by atoms with E-state index < -0.39 is 17.4 Å². The molecule has 0 aliphatic carbocycles. The van der Waals surface area contributed by atoms with Gasteiger partial charge >= 0.3 is 12.1 Å². The zero-order valence-corrected chi connectivity index (χ0v) is 17.5. The van der Waals surface area contributed by atoms with E-state index in [1.165, 1.54) is 25.3 Å². The third kappa shape index (κ3) is 5.62. The minimum absolute atomic E-state index is 0.287. The first-order valence-corrected chi connectivity index (χ1v) is 9.65. The Kier molecular flexibility index (Phi) is 6.14. The van der Waals surface area contributed by atoms with Crippen LogP contribution in [0.1, 0.15) is 31.9 Å². The normalized spacial score (nSPS) is 13.3. The number of amides is 3. The van der Waals surface area contributed by atoms with Crippen molar-refractivity contribution >= 4 is 23.5 Å². The first-order chi connectivity index (χ1) is 14.1. The van der Waals surface area contributed by atoms with Gasteiger partial charge in [0.2, 0.25) is 0 Å². The Morgan fingerprint density at radius 1 is 1.03 bits per heavy atom. The Balaban J connectivity index is 1.63. The fraction of sp³-hybridized carbons (Fsp3) is 0.364. The van der Waals surface area contributed by atoms with Gasteiger partial charge in [-0.1, -0.05) is 6.07 Å². The number of anilines is 2. The number of hydrogen-bond donors (Lipinski definition) is 2. The maximum absolute atomic E-state index is 13.6. The molecule has 3 rings (SSSR count). The highest BCUT2D eigenvalue weighted by Crippen LogP contribution is 2.25. The summed E-state index contributed by atoms with van der Waals surface area (Å²) < 4.78 is 24.0. The van der Waals surface area contributed by atoms with Gasteiger partial charge in [0.15, 0.2) is 0 Å². The molecule has 0 spiro atoms. The Morgan fingerprint density at radius 2 is 1.77 bits per heavy atom. The maximum Gasteiger partial charge on any atom is 0.410 e. The van der Waals surface area contributed by atoms with Gasteiger partial charge in [-0.05, 0) is 56.5 Å². The summed E-state index contributed by atoms with van der Waals surface area (Å²) in [6, 6.07) is 9.01. The monoisotopic (exact) mass is 415 g/mol. The van der Waals surface area contributed by atoms with Crippen LogP contribution in [0.2, 0.25) is 0 Å². The Bertz CT molecular complexity index is 956. The summed E-state index contributed by atoms with van der Waals surface area (Å²) in [4.78, 5) is 26.2. The van der Waals surface area contributed by atoms with Gasteiger partial charge in [-0.15, -0.1) is 0 Å². The van der Waals surface area contributed by atoms with E-state index in [-0.39, 0.29) is 11.8 Å². The second kappa shape index (κ2) is 8.61. The molecule has 1 aliphatic rings. The summed E-state index contributed by atoms with van der Waals surface area (Å²) in [6.45, 7) is 6.52. The predicted octanol–water partition coefficient (Wildman–Crippen LogP) is 4.77. The molecule has 1 heterocycles. The van der Waals surface area contributed by atoms with Crippen LogP contribution >= 0.6 is 0 Å². The Labute approximate surface area is 175 Å². The van der Waals surface area contributed by atoms with Crippen molar-refractivity contribution in [3.8, 4) is 5.75 Å². The van der Waals surface area contributed by atoms with Crippen molar-refractivity contribution in [1.29, 1.82) is 0 Å². The number of carbonyl (C=O) groups is 2. The number of carbonyl (C=O) groups excluding carboxylic acids is 2. The summed E-state index contributed by atoms with van der Waals surface area (Å²) >= 11 is 0. The largest absolute Gasteiger partial charge is 0.497 e. The van der Waals surface area contributed by atoms with E-state index in [4.69, 9.17) is 9.47 Å². The molecular formula is C22H26FN3O4. The summed E-state index contributed by atoms with van der Waals surface area (Å²) in [5.41, 5.74) is 2.42. The summed E-state index contributed by atoms with van der Waals surface area (Å²) in [5, 5.41) is 5.33. The molecule has 1 aliphatic heterocycles. The number of nitrogens with zero attached hydrogens (tertiary/aromatic N) is 1. The molecule has 7 nitrogen and oxygen atoms in total. The number of ether oxygens (including phenoxy) is 2. The number of fused-ring (bicyclic) bond motifs is 1. The first kappa shape index (κ1) is 21.4. The number of urea groups is 1. The third-order valence-electron chi connectivity index (χ3n) is 4.49. The molecule has 0 fully saturated rings. The summed E-state index contributed by atoms with van der Waals surface area (Å²) in [6.07, 6.45) is 0.326. The van der Waals surface area contributed by atoms with Gasteiger partial charge in [-0.2, -0.15) is 0 Å². The van der Waals surface area contributed by atoms with Crippen molar-refractivity contribution < 1.29 is 23.5 Å². The standard InChI is InChI=1S/C22H26FN3O4/c1-22(2,3)30-21(28)26-8-7-14-9-17(6-5-15(14)13-26)24-20(27)25-18-10-16(23)11-19(12-18)29-4/h5-6,9-12H,7-8,13H2,1-4H3,(H2,24,25,27). The molecule has 0 saturated heterocycles. The molecule has 2 N–H and O–H groups in total. The molecule has 0 unspecified atom stereocenters. The summed E-state index contributed by atoms with van der Waals surface area (Å²) in [5.74, 6) is -0.193. The number of hydrogen-bond acceptors (Lipinski definition) is 4. The van der Waals surface area contributed by atoms with Crippen molar-refractivity contribution in [3.05, 3.63) is 53.3 Å².